The van der Waals surface area contributed by atoms with E-state index in [0.29, 0.717) is 12.8 Å². The zero-order valence-corrected chi connectivity index (χ0v) is 13.6. The van der Waals surface area contributed by atoms with E-state index < -0.39 is 0 Å². The Morgan fingerprint density at radius 2 is 2.00 bits per heavy atom. The van der Waals surface area contributed by atoms with Crippen molar-refractivity contribution in [2.45, 2.75) is 33.6 Å². The fourth-order valence-corrected chi connectivity index (χ4v) is 3.31. The van der Waals surface area contributed by atoms with Gasteiger partial charge in [-0.15, -0.1) is 10.2 Å². The Bertz CT molecular complexity index is 784. The molecule has 0 atom stereocenters. The van der Waals surface area contributed by atoms with Crippen molar-refractivity contribution in [3.8, 4) is 0 Å². The van der Waals surface area contributed by atoms with Crippen molar-refractivity contribution in [1.82, 2.24) is 19.8 Å². The molecule has 22 heavy (non-hydrogen) atoms. The normalized spacial score (nSPS) is 11.0. The van der Waals surface area contributed by atoms with E-state index in [1.807, 2.05) is 13.8 Å². The van der Waals surface area contributed by atoms with Gasteiger partial charge in [0.05, 0.1) is 0 Å². The van der Waals surface area contributed by atoms with Crippen LogP contribution in [0.2, 0.25) is 0 Å². The van der Waals surface area contributed by atoms with Crippen molar-refractivity contribution < 1.29 is 4.79 Å². The van der Waals surface area contributed by atoms with Crippen LogP contribution >= 0.6 is 11.3 Å². The summed E-state index contributed by atoms with van der Waals surface area (Å²) >= 11 is 1.46. The monoisotopic (exact) mass is 315 g/mol. The minimum Gasteiger partial charge on any atom is -0.326 e. The SMILES string of the molecule is Cc1cc(C)c(NC(=O)CCc2nn3cnnc3s2)c(C)c1. The van der Waals surface area contributed by atoms with Crippen LogP contribution in [0.3, 0.4) is 0 Å². The molecule has 0 bridgehead atoms. The van der Waals surface area contributed by atoms with Gasteiger partial charge >= 0.3 is 0 Å². The van der Waals surface area contributed by atoms with Gasteiger partial charge in [-0.2, -0.15) is 9.61 Å². The second kappa shape index (κ2) is 5.84. The Morgan fingerprint density at radius 3 is 2.68 bits per heavy atom. The van der Waals surface area contributed by atoms with Gasteiger partial charge in [0.25, 0.3) is 0 Å². The van der Waals surface area contributed by atoms with Gasteiger partial charge in [0.2, 0.25) is 10.9 Å². The first-order chi connectivity index (χ1) is 10.5. The fourth-order valence-electron chi connectivity index (χ4n) is 2.50. The molecule has 1 aromatic carbocycles. The van der Waals surface area contributed by atoms with E-state index in [4.69, 9.17) is 0 Å². The summed E-state index contributed by atoms with van der Waals surface area (Å²) in [6.45, 7) is 6.08. The highest BCUT2D eigenvalue weighted by Crippen LogP contribution is 2.22. The number of aromatic nitrogens is 4. The summed E-state index contributed by atoms with van der Waals surface area (Å²) in [7, 11) is 0. The maximum Gasteiger partial charge on any atom is 0.234 e. The minimum absolute atomic E-state index is 0.000943. The van der Waals surface area contributed by atoms with Gasteiger partial charge < -0.3 is 5.32 Å². The lowest BCUT2D eigenvalue weighted by atomic mass is 10.0. The van der Waals surface area contributed by atoms with Crippen LogP contribution in [0.15, 0.2) is 18.5 Å². The highest BCUT2D eigenvalue weighted by Gasteiger charge is 2.11. The largest absolute Gasteiger partial charge is 0.326 e. The van der Waals surface area contributed by atoms with Gasteiger partial charge in [0.1, 0.15) is 11.3 Å². The van der Waals surface area contributed by atoms with Gasteiger partial charge in [0.15, 0.2) is 0 Å². The molecule has 2 heterocycles. The number of amides is 1. The van der Waals surface area contributed by atoms with E-state index >= 15 is 0 Å². The maximum absolute atomic E-state index is 12.2. The van der Waals surface area contributed by atoms with Gasteiger partial charge in [-0.1, -0.05) is 29.0 Å². The molecule has 0 unspecified atom stereocenters. The van der Waals surface area contributed by atoms with Crippen LogP contribution in [0.25, 0.3) is 4.96 Å². The zero-order chi connectivity index (χ0) is 15.7. The topological polar surface area (TPSA) is 72.2 Å². The minimum atomic E-state index is 0.000943. The Kier molecular flexibility index (Phi) is 3.89. The summed E-state index contributed by atoms with van der Waals surface area (Å²) in [4.78, 5) is 12.9. The van der Waals surface area contributed by atoms with Gasteiger partial charge in [-0.05, 0) is 31.9 Å². The number of fused-ring (bicyclic) bond motifs is 1. The summed E-state index contributed by atoms with van der Waals surface area (Å²) in [5, 5.41) is 15.9. The van der Waals surface area contributed by atoms with Crippen molar-refractivity contribution in [3.63, 3.8) is 0 Å². The average molecular weight is 315 g/mol. The number of anilines is 1. The van der Waals surface area contributed by atoms with E-state index in [1.165, 1.54) is 16.9 Å². The van der Waals surface area contributed by atoms with Crippen molar-refractivity contribution in [3.05, 3.63) is 40.2 Å². The number of aryl methyl sites for hydroxylation is 4. The third-order valence-electron chi connectivity index (χ3n) is 3.44. The maximum atomic E-state index is 12.2. The first-order valence-corrected chi connectivity index (χ1v) is 7.88. The van der Waals surface area contributed by atoms with Crippen LogP contribution in [0, 0.1) is 20.8 Å². The Labute approximate surface area is 132 Å². The molecule has 1 N–H and O–H groups in total. The molecule has 3 aromatic rings. The van der Waals surface area contributed by atoms with E-state index in [9.17, 15) is 4.79 Å². The van der Waals surface area contributed by atoms with Crippen molar-refractivity contribution >= 4 is 27.9 Å². The van der Waals surface area contributed by atoms with Crippen LogP contribution in [0.1, 0.15) is 28.1 Å². The molecule has 6 nitrogen and oxygen atoms in total. The number of carbonyl (C=O) groups excluding carboxylic acids is 1. The predicted molar refractivity (Wildman–Crippen MR) is 86.3 cm³/mol. The first-order valence-electron chi connectivity index (χ1n) is 7.06. The van der Waals surface area contributed by atoms with Gasteiger partial charge in [-0.25, -0.2) is 0 Å². The number of carbonyl (C=O) groups is 1. The molecular weight excluding hydrogens is 298 g/mol. The number of benzene rings is 1. The van der Waals surface area contributed by atoms with E-state index in [2.05, 4.69) is 39.7 Å². The van der Waals surface area contributed by atoms with E-state index in [1.54, 1.807) is 10.8 Å². The summed E-state index contributed by atoms with van der Waals surface area (Å²) in [6.07, 6.45) is 2.56. The van der Waals surface area contributed by atoms with Gasteiger partial charge in [0, 0.05) is 18.5 Å². The molecule has 0 radical (unpaired) electrons. The third-order valence-corrected chi connectivity index (χ3v) is 4.41. The molecular formula is C15H17N5OS. The first kappa shape index (κ1) is 14.6. The molecule has 114 valence electrons. The van der Waals surface area contributed by atoms with Crippen LogP contribution < -0.4 is 5.32 Å². The lowest BCUT2D eigenvalue weighted by Gasteiger charge is -2.12. The molecule has 0 fully saturated rings. The Morgan fingerprint density at radius 1 is 1.27 bits per heavy atom. The molecule has 0 saturated carbocycles. The lowest BCUT2D eigenvalue weighted by Crippen LogP contribution is -2.14. The number of rotatable bonds is 4. The number of hydrogen-bond acceptors (Lipinski definition) is 5. The van der Waals surface area contributed by atoms with Crippen molar-refractivity contribution in [1.29, 1.82) is 0 Å². The number of nitrogens with one attached hydrogen (secondary N) is 1. The van der Waals surface area contributed by atoms with E-state index in [-0.39, 0.29) is 5.91 Å². The summed E-state index contributed by atoms with van der Waals surface area (Å²) in [5.74, 6) is 0.000943. The Hall–Kier alpha value is -2.28. The van der Waals surface area contributed by atoms with Crippen molar-refractivity contribution in [2.75, 3.05) is 5.32 Å². The highest BCUT2D eigenvalue weighted by atomic mass is 32.1. The summed E-state index contributed by atoms with van der Waals surface area (Å²) in [5.41, 5.74) is 4.29. The van der Waals surface area contributed by atoms with Crippen LogP contribution in [0.5, 0.6) is 0 Å². The van der Waals surface area contributed by atoms with Crippen molar-refractivity contribution in [2.24, 2.45) is 0 Å². The molecule has 3 rings (SSSR count). The molecule has 1 amide bonds. The highest BCUT2D eigenvalue weighted by molar-refractivity contribution is 7.16. The molecule has 7 heteroatoms. The van der Waals surface area contributed by atoms with Crippen LogP contribution in [0.4, 0.5) is 5.69 Å². The second-order valence-corrected chi connectivity index (χ2v) is 6.42. The molecule has 0 aliphatic carbocycles. The van der Waals surface area contributed by atoms with Crippen LogP contribution in [-0.2, 0) is 11.2 Å². The van der Waals surface area contributed by atoms with Crippen LogP contribution in [-0.4, -0.2) is 25.7 Å². The summed E-state index contributed by atoms with van der Waals surface area (Å²) in [6, 6.07) is 4.15. The van der Waals surface area contributed by atoms with E-state index in [0.717, 1.165) is 26.8 Å². The zero-order valence-electron chi connectivity index (χ0n) is 12.8. The predicted octanol–water partition coefficient (Wildman–Crippen LogP) is 2.68. The second-order valence-electron chi connectivity index (χ2n) is 5.38. The third kappa shape index (κ3) is 2.99. The molecule has 0 saturated heterocycles. The van der Waals surface area contributed by atoms with Gasteiger partial charge in [-0.3, -0.25) is 4.79 Å². The number of nitrogens with zero attached hydrogens (tertiary/aromatic N) is 4. The summed E-state index contributed by atoms with van der Waals surface area (Å²) < 4.78 is 1.63. The molecule has 2 aromatic heterocycles. The molecule has 0 spiro atoms. The average Bonchev–Trinajstić information content (AvgIpc) is 3.01. The smallest absolute Gasteiger partial charge is 0.234 e. The Balaban J connectivity index is 1.64. The quantitative estimate of drug-likeness (QED) is 0.803. The lowest BCUT2D eigenvalue weighted by molar-refractivity contribution is -0.116. The standard InChI is InChI=1S/C15H17N5OS/c1-9-6-10(2)14(11(3)7-9)17-12(21)4-5-13-19-20-8-16-18-15(20)22-13/h6-8H,4-5H2,1-3H3,(H,17,21). The fraction of sp³-hybridized carbons (Fsp3) is 0.333. The number of hydrogen-bond donors (Lipinski definition) is 1. The molecule has 0 aliphatic rings. The molecule has 0 aliphatic heterocycles.